The van der Waals surface area contributed by atoms with E-state index in [1.807, 2.05) is 44.2 Å². The second kappa shape index (κ2) is 8.83. The second-order valence-corrected chi connectivity index (χ2v) is 7.52. The van der Waals surface area contributed by atoms with Crippen LogP contribution in [0.15, 0.2) is 30.3 Å². The summed E-state index contributed by atoms with van der Waals surface area (Å²) in [5.41, 5.74) is 6.38. The van der Waals surface area contributed by atoms with Crippen molar-refractivity contribution in [2.24, 2.45) is 11.7 Å². The fourth-order valence-corrected chi connectivity index (χ4v) is 2.30. The molecule has 0 radical (unpaired) electrons. The third-order valence-corrected chi connectivity index (χ3v) is 3.35. The van der Waals surface area contributed by atoms with E-state index >= 15 is 0 Å². The number of nitrogens with one attached hydrogen (secondary N) is 1. The summed E-state index contributed by atoms with van der Waals surface area (Å²) in [4.78, 5) is 24.7. The Morgan fingerprint density at radius 3 is 2.25 bits per heavy atom. The first kappa shape index (κ1) is 20.2. The maximum atomic E-state index is 12.4. The molecule has 1 amide bonds. The molecule has 0 saturated carbocycles. The van der Waals surface area contributed by atoms with Crippen LogP contribution in [-0.4, -0.2) is 29.6 Å². The minimum absolute atomic E-state index is 0.244. The van der Waals surface area contributed by atoms with Gasteiger partial charge in [0.1, 0.15) is 11.6 Å². The largest absolute Gasteiger partial charge is 0.458 e. The molecule has 5 nitrogen and oxygen atoms in total. The number of amides is 1. The zero-order valence-electron chi connectivity index (χ0n) is 15.3. The summed E-state index contributed by atoms with van der Waals surface area (Å²) >= 11 is 0. The Hall–Kier alpha value is -1.88. The molecular formula is C19H30N2O3. The molecule has 0 saturated heterocycles. The molecule has 1 aromatic carbocycles. The van der Waals surface area contributed by atoms with Gasteiger partial charge in [-0.25, -0.2) is 4.79 Å². The zero-order chi connectivity index (χ0) is 18.3. The van der Waals surface area contributed by atoms with Crippen LogP contribution in [0.4, 0.5) is 0 Å². The highest BCUT2D eigenvalue weighted by Crippen LogP contribution is 2.13. The standard InChI is InChI=1S/C19H30N2O3/c1-13(2)11-16(18(23)24-19(3,4)5)21-17(22)15(20)12-14-9-7-6-8-10-14/h6-10,13,15-16H,11-12,20H2,1-5H3,(H,21,22). The van der Waals surface area contributed by atoms with Crippen LogP contribution in [-0.2, 0) is 20.7 Å². The quantitative estimate of drug-likeness (QED) is 0.750. The third-order valence-electron chi connectivity index (χ3n) is 3.35. The van der Waals surface area contributed by atoms with E-state index in [1.165, 1.54) is 0 Å². The summed E-state index contributed by atoms with van der Waals surface area (Å²) < 4.78 is 5.41. The van der Waals surface area contributed by atoms with Crippen LogP contribution >= 0.6 is 0 Å². The van der Waals surface area contributed by atoms with Crippen LogP contribution in [0.2, 0.25) is 0 Å². The molecule has 134 valence electrons. The van der Waals surface area contributed by atoms with Crippen LogP contribution < -0.4 is 11.1 Å². The number of carbonyl (C=O) groups is 2. The van der Waals surface area contributed by atoms with Gasteiger partial charge in [-0.15, -0.1) is 0 Å². The fraction of sp³-hybridized carbons (Fsp3) is 0.579. The Kier molecular flexibility index (Phi) is 7.42. The molecule has 1 aromatic rings. The first-order valence-electron chi connectivity index (χ1n) is 8.41. The number of hydrogen-bond acceptors (Lipinski definition) is 4. The van der Waals surface area contributed by atoms with E-state index in [0.29, 0.717) is 12.8 Å². The molecule has 3 N–H and O–H groups in total. The molecule has 24 heavy (non-hydrogen) atoms. The molecule has 5 heteroatoms. The van der Waals surface area contributed by atoms with Crippen molar-refractivity contribution < 1.29 is 14.3 Å². The van der Waals surface area contributed by atoms with E-state index < -0.39 is 23.7 Å². The number of esters is 1. The van der Waals surface area contributed by atoms with Crippen molar-refractivity contribution in [3.05, 3.63) is 35.9 Å². The van der Waals surface area contributed by atoms with E-state index in [4.69, 9.17) is 10.5 Å². The zero-order valence-corrected chi connectivity index (χ0v) is 15.3. The third kappa shape index (κ3) is 7.59. The molecule has 0 spiro atoms. The topological polar surface area (TPSA) is 81.4 Å². The van der Waals surface area contributed by atoms with Crippen LogP contribution in [0.25, 0.3) is 0 Å². The Labute approximate surface area is 145 Å². The molecule has 2 unspecified atom stereocenters. The van der Waals surface area contributed by atoms with Gasteiger partial charge in [-0.2, -0.15) is 0 Å². The highest BCUT2D eigenvalue weighted by atomic mass is 16.6. The van der Waals surface area contributed by atoms with Gasteiger partial charge in [-0.1, -0.05) is 44.2 Å². The highest BCUT2D eigenvalue weighted by molar-refractivity contribution is 5.87. The SMILES string of the molecule is CC(C)CC(NC(=O)C(N)Cc1ccccc1)C(=O)OC(C)(C)C. The van der Waals surface area contributed by atoms with E-state index in [-0.39, 0.29) is 11.8 Å². The van der Waals surface area contributed by atoms with Gasteiger partial charge in [0.2, 0.25) is 5.91 Å². The Balaban J connectivity index is 2.70. The summed E-state index contributed by atoms with van der Waals surface area (Å²) in [7, 11) is 0. The van der Waals surface area contributed by atoms with Gasteiger partial charge >= 0.3 is 5.97 Å². The molecule has 0 aliphatic rings. The Bertz CT molecular complexity index is 535. The van der Waals surface area contributed by atoms with Crippen LogP contribution in [0.5, 0.6) is 0 Å². The average molecular weight is 334 g/mol. The number of carbonyl (C=O) groups excluding carboxylic acids is 2. The second-order valence-electron chi connectivity index (χ2n) is 7.52. The van der Waals surface area contributed by atoms with Crippen LogP contribution in [0, 0.1) is 5.92 Å². The lowest BCUT2D eigenvalue weighted by molar-refractivity contribution is -0.159. The molecule has 0 heterocycles. The van der Waals surface area contributed by atoms with Crippen molar-refractivity contribution in [3.8, 4) is 0 Å². The van der Waals surface area contributed by atoms with E-state index in [0.717, 1.165) is 5.56 Å². The van der Waals surface area contributed by atoms with Crippen molar-refractivity contribution in [1.29, 1.82) is 0 Å². The summed E-state index contributed by atoms with van der Waals surface area (Å²) in [6.45, 7) is 9.40. The van der Waals surface area contributed by atoms with E-state index in [2.05, 4.69) is 5.32 Å². The molecule has 0 bridgehead atoms. The molecular weight excluding hydrogens is 304 g/mol. The molecule has 0 aliphatic heterocycles. The minimum Gasteiger partial charge on any atom is -0.458 e. The lowest BCUT2D eigenvalue weighted by atomic mass is 10.0. The van der Waals surface area contributed by atoms with Crippen molar-refractivity contribution >= 4 is 11.9 Å². The van der Waals surface area contributed by atoms with Gasteiger partial charge in [-0.05, 0) is 45.1 Å². The minimum atomic E-state index is -0.704. The molecule has 1 rings (SSSR count). The maximum Gasteiger partial charge on any atom is 0.329 e. The number of rotatable bonds is 7. The maximum absolute atomic E-state index is 12.4. The van der Waals surface area contributed by atoms with Gasteiger partial charge in [-0.3, -0.25) is 4.79 Å². The van der Waals surface area contributed by atoms with Crippen molar-refractivity contribution in [3.63, 3.8) is 0 Å². The highest BCUT2D eigenvalue weighted by Gasteiger charge is 2.28. The average Bonchev–Trinajstić information content (AvgIpc) is 2.45. The van der Waals surface area contributed by atoms with Crippen LogP contribution in [0.3, 0.4) is 0 Å². The number of ether oxygens (including phenoxy) is 1. The van der Waals surface area contributed by atoms with E-state index in [9.17, 15) is 9.59 Å². The van der Waals surface area contributed by atoms with Crippen molar-refractivity contribution in [2.45, 2.75) is 65.1 Å². The van der Waals surface area contributed by atoms with E-state index in [1.54, 1.807) is 20.8 Å². The molecule has 0 fully saturated rings. The molecule has 0 aliphatic carbocycles. The summed E-state index contributed by atoms with van der Waals surface area (Å²) in [6.07, 6.45) is 0.939. The van der Waals surface area contributed by atoms with Gasteiger partial charge in [0.15, 0.2) is 0 Å². The lowest BCUT2D eigenvalue weighted by Gasteiger charge is -2.26. The lowest BCUT2D eigenvalue weighted by Crippen LogP contribution is -2.51. The first-order chi connectivity index (χ1) is 11.1. The molecule has 0 aromatic heterocycles. The van der Waals surface area contributed by atoms with Gasteiger partial charge < -0.3 is 15.8 Å². The smallest absolute Gasteiger partial charge is 0.329 e. The summed E-state index contributed by atoms with van der Waals surface area (Å²) in [5, 5.41) is 2.75. The van der Waals surface area contributed by atoms with Crippen molar-refractivity contribution in [1.82, 2.24) is 5.32 Å². The number of nitrogens with two attached hydrogens (primary N) is 1. The summed E-state index contributed by atoms with van der Waals surface area (Å²) in [6, 6.07) is 8.18. The number of benzene rings is 1. The normalized spacial score (nSPS) is 14.1. The Morgan fingerprint density at radius 2 is 1.75 bits per heavy atom. The molecule has 2 atom stereocenters. The van der Waals surface area contributed by atoms with Gasteiger partial charge in [0.25, 0.3) is 0 Å². The Morgan fingerprint density at radius 1 is 1.17 bits per heavy atom. The fourth-order valence-electron chi connectivity index (χ4n) is 2.30. The van der Waals surface area contributed by atoms with Gasteiger partial charge in [0.05, 0.1) is 6.04 Å². The number of hydrogen-bond donors (Lipinski definition) is 2. The van der Waals surface area contributed by atoms with Crippen molar-refractivity contribution in [2.75, 3.05) is 0 Å². The van der Waals surface area contributed by atoms with Gasteiger partial charge in [0, 0.05) is 0 Å². The summed E-state index contributed by atoms with van der Waals surface area (Å²) in [5.74, 6) is -0.514. The van der Waals surface area contributed by atoms with Crippen LogP contribution in [0.1, 0.15) is 46.6 Å². The predicted octanol–water partition coefficient (Wildman–Crippen LogP) is 2.43. The predicted molar refractivity (Wildman–Crippen MR) is 95.4 cm³/mol. The monoisotopic (exact) mass is 334 g/mol. The first-order valence-corrected chi connectivity index (χ1v) is 8.41.